The Balaban J connectivity index is 0.679. The zero-order valence-corrected chi connectivity index (χ0v) is 35.8. The molecule has 2 aliphatic carbocycles. The van der Waals surface area contributed by atoms with Crippen LogP contribution in [0.4, 0.5) is 0 Å². The molecule has 6 heterocycles. The first kappa shape index (κ1) is 39.3. The topological polar surface area (TPSA) is 114 Å². The fourth-order valence-corrected chi connectivity index (χ4v) is 13.0. The SMILES string of the molecule is O=C1CCC(c2ccc3c(c2)CC2(CCN(C(=O)C4CCC(CN5CCC(c6ccc7c(c6)-n6c(nc(=O)c8c(Cl)cccc86)C76CCCCC6)CC5)CC4)CC2)O3)C(=O)N1. The van der Waals surface area contributed by atoms with E-state index < -0.39 is 0 Å². The number of piperidine rings is 3. The van der Waals surface area contributed by atoms with Crippen LogP contribution in [0.5, 0.6) is 5.75 Å². The van der Waals surface area contributed by atoms with Crippen molar-refractivity contribution < 1.29 is 19.1 Å². The van der Waals surface area contributed by atoms with Gasteiger partial charge in [-0.2, -0.15) is 4.98 Å². The first-order valence-electron chi connectivity index (χ1n) is 23.2. The van der Waals surface area contributed by atoms with E-state index in [2.05, 4.69) is 43.9 Å². The van der Waals surface area contributed by atoms with Gasteiger partial charge < -0.3 is 14.5 Å². The molecule has 2 spiro atoms. The summed E-state index contributed by atoms with van der Waals surface area (Å²) in [5.41, 5.74) is 6.12. The molecule has 1 unspecified atom stereocenters. The number of carbonyl (C=O) groups is 3. The molecule has 0 bridgehead atoms. The van der Waals surface area contributed by atoms with E-state index in [0.717, 1.165) is 144 Å². The number of likely N-dealkylation sites (tertiary alicyclic amines) is 2. The standard InChI is InChI=1S/C50H56ClN5O5/c51-39-5-4-6-40-44(39)46(59)53-48-50(19-2-1-3-20-50)38-14-11-34(28-41(38)56(40)48)32-17-23-54(24-18-32)30-31-7-9-33(10-8-31)47(60)55-25-21-49(22-26-55)29-36-27-35(12-15-42(36)61-49)37-13-16-43(57)52-45(37)58/h4-6,11-12,14-15,27-28,31-33,37H,1-3,7-10,13,16-26,29-30H2,(H,52,57,58). The van der Waals surface area contributed by atoms with Crippen molar-refractivity contribution in [3.8, 4) is 11.4 Å². The maximum Gasteiger partial charge on any atom is 0.282 e. The number of halogens is 1. The summed E-state index contributed by atoms with van der Waals surface area (Å²) in [5.74, 6) is 2.67. The highest BCUT2D eigenvalue weighted by Gasteiger charge is 2.47. The van der Waals surface area contributed by atoms with Crippen LogP contribution in [0.3, 0.4) is 0 Å². The lowest BCUT2D eigenvalue weighted by molar-refractivity contribution is -0.140. The molecule has 61 heavy (non-hydrogen) atoms. The van der Waals surface area contributed by atoms with Gasteiger partial charge in [-0.05, 0) is 129 Å². The van der Waals surface area contributed by atoms with Crippen molar-refractivity contribution in [3.05, 3.63) is 98.1 Å². The number of aromatic nitrogens is 2. The average Bonchev–Trinajstić information content (AvgIpc) is 3.75. The zero-order valence-electron chi connectivity index (χ0n) is 35.1. The summed E-state index contributed by atoms with van der Waals surface area (Å²) in [6.45, 7) is 4.75. The molecular formula is C50H56ClN5O5. The number of hydrogen-bond acceptors (Lipinski definition) is 7. The Morgan fingerprint density at radius 3 is 2.38 bits per heavy atom. The van der Waals surface area contributed by atoms with Gasteiger partial charge in [-0.25, -0.2) is 0 Å². The van der Waals surface area contributed by atoms with E-state index in [1.54, 1.807) is 6.07 Å². The molecule has 10 nitrogen and oxygen atoms in total. The molecule has 0 radical (unpaired) electrons. The maximum absolute atomic E-state index is 13.8. The minimum absolute atomic E-state index is 0.118. The van der Waals surface area contributed by atoms with Crippen LogP contribution in [0.15, 0.2) is 59.4 Å². The van der Waals surface area contributed by atoms with Crippen molar-refractivity contribution in [2.45, 2.75) is 126 Å². The third-order valence-electron chi connectivity index (χ3n) is 16.1. The average molecular weight is 842 g/mol. The molecule has 318 valence electrons. The molecule has 5 fully saturated rings. The van der Waals surface area contributed by atoms with E-state index in [1.165, 1.54) is 23.2 Å². The number of carbonyl (C=O) groups excluding carboxylic acids is 3. The predicted molar refractivity (Wildman–Crippen MR) is 235 cm³/mol. The van der Waals surface area contributed by atoms with E-state index >= 15 is 0 Å². The van der Waals surface area contributed by atoms with Crippen LogP contribution in [0.1, 0.15) is 136 Å². The van der Waals surface area contributed by atoms with Crippen molar-refractivity contribution in [1.29, 1.82) is 0 Å². The van der Waals surface area contributed by atoms with Gasteiger partial charge in [0.25, 0.3) is 5.56 Å². The van der Waals surface area contributed by atoms with Crippen molar-refractivity contribution >= 4 is 40.2 Å². The van der Waals surface area contributed by atoms with Crippen LogP contribution in [0, 0.1) is 11.8 Å². The molecule has 7 aliphatic rings. The van der Waals surface area contributed by atoms with E-state index in [-0.39, 0.29) is 40.2 Å². The zero-order chi connectivity index (χ0) is 41.5. The molecule has 1 aromatic heterocycles. The molecule has 3 amide bonds. The molecule has 11 rings (SSSR count). The number of benzene rings is 3. The number of hydrogen-bond donors (Lipinski definition) is 1. The summed E-state index contributed by atoms with van der Waals surface area (Å²) in [4.78, 5) is 61.0. The monoisotopic (exact) mass is 841 g/mol. The van der Waals surface area contributed by atoms with Crippen molar-refractivity contribution in [1.82, 2.24) is 24.7 Å². The fraction of sp³-hybridized carbons (Fsp3) is 0.540. The first-order valence-corrected chi connectivity index (χ1v) is 23.6. The van der Waals surface area contributed by atoms with Gasteiger partial charge in [-0.3, -0.25) is 29.1 Å². The van der Waals surface area contributed by atoms with E-state index in [9.17, 15) is 19.2 Å². The van der Waals surface area contributed by atoms with Gasteiger partial charge in [-0.15, -0.1) is 0 Å². The van der Waals surface area contributed by atoms with Crippen LogP contribution < -0.4 is 15.6 Å². The Labute approximate surface area is 362 Å². The summed E-state index contributed by atoms with van der Waals surface area (Å²) < 4.78 is 8.85. The second-order valence-electron chi connectivity index (χ2n) is 19.6. The minimum atomic E-state index is -0.298. The van der Waals surface area contributed by atoms with Crippen molar-refractivity contribution in [2.24, 2.45) is 11.8 Å². The molecule has 1 N–H and O–H groups in total. The Bertz CT molecular complexity index is 2490. The number of imide groups is 1. The fourth-order valence-electron chi connectivity index (χ4n) is 12.7. The van der Waals surface area contributed by atoms with Gasteiger partial charge in [0.15, 0.2) is 0 Å². The second-order valence-corrected chi connectivity index (χ2v) is 20.0. The maximum atomic E-state index is 13.8. The molecule has 5 aliphatic heterocycles. The highest BCUT2D eigenvalue weighted by molar-refractivity contribution is 6.35. The summed E-state index contributed by atoms with van der Waals surface area (Å²) in [7, 11) is 0. The summed E-state index contributed by atoms with van der Waals surface area (Å²) in [6.07, 6.45) is 15.3. The van der Waals surface area contributed by atoms with Crippen LogP contribution in [-0.4, -0.2) is 75.4 Å². The lowest BCUT2D eigenvalue weighted by Gasteiger charge is -2.41. The highest BCUT2D eigenvalue weighted by Crippen LogP contribution is 2.52. The van der Waals surface area contributed by atoms with E-state index in [0.29, 0.717) is 41.0 Å². The molecular weight excluding hydrogens is 786 g/mol. The molecule has 11 heteroatoms. The lowest BCUT2D eigenvalue weighted by Crippen LogP contribution is -2.50. The number of rotatable bonds is 5. The summed E-state index contributed by atoms with van der Waals surface area (Å²) in [5, 5.41) is 3.46. The molecule has 1 atom stereocenters. The van der Waals surface area contributed by atoms with Crippen LogP contribution >= 0.6 is 11.6 Å². The molecule has 3 aromatic carbocycles. The predicted octanol–water partition coefficient (Wildman–Crippen LogP) is 8.11. The van der Waals surface area contributed by atoms with Gasteiger partial charge in [0, 0.05) is 51.2 Å². The van der Waals surface area contributed by atoms with E-state index in [1.807, 2.05) is 24.3 Å². The Morgan fingerprint density at radius 1 is 0.836 bits per heavy atom. The first-order chi connectivity index (χ1) is 29.7. The largest absolute Gasteiger partial charge is 0.487 e. The Kier molecular flexibility index (Phi) is 9.90. The van der Waals surface area contributed by atoms with Crippen molar-refractivity contribution in [2.75, 3.05) is 32.7 Å². The van der Waals surface area contributed by atoms with Gasteiger partial charge in [-0.1, -0.05) is 61.2 Å². The number of nitrogens with zero attached hydrogens (tertiary/aromatic N) is 4. The van der Waals surface area contributed by atoms with E-state index in [4.69, 9.17) is 21.3 Å². The van der Waals surface area contributed by atoms with Gasteiger partial charge >= 0.3 is 0 Å². The number of nitrogens with one attached hydrogen (secondary N) is 1. The summed E-state index contributed by atoms with van der Waals surface area (Å²) >= 11 is 6.62. The number of amides is 3. The molecule has 2 saturated carbocycles. The van der Waals surface area contributed by atoms with Crippen LogP contribution in [-0.2, 0) is 26.2 Å². The second kappa shape index (κ2) is 15.4. The van der Waals surface area contributed by atoms with Crippen molar-refractivity contribution in [3.63, 3.8) is 0 Å². The Morgan fingerprint density at radius 2 is 1.61 bits per heavy atom. The Hall–Kier alpha value is -4.54. The van der Waals surface area contributed by atoms with Gasteiger partial charge in [0.05, 0.1) is 32.9 Å². The smallest absolute Gasteiger partial charge is 0.282 e. The van der Waals surface area contributed by atoms with Gasteiger partial charge in [0.2, 0.25) is 17.7 Å². The molecule has 3 saturated heterocycles. The summed E-state index contributed by atoms with van der Waals surface area (Å²) in [6, 6.07) is 19.0. The third-order valence-corrected chi connectivity index (χ3v) is 16.4. The van der Waals surface area contributed by atoms with Crippen LogP contribution in [0.25, 0.3) is 16.6 Å². The minimum Gasteiger partial charge on any atom is -0.487 e. The lowest BCUT2D eigenvalue weighted by atomic mass is 9.69. The highest BCUT2D eigenvalue weighted by atomic mass is 35.5. The normalized spacial score (nSPS) is 25.9. The molecule has 4 aromatic rings. The third kappa shape index (κ3) is 6.82. The van der Waals surface area contributed by atoms with Crippen LogP contribution in [0.2, 0.25) is 5.02 Å². The quantitative estimate of drug-likeness (QED) is 0.202. The number of ether oxygens (including phenoxy) is 1. The number of fused-ring (bicyclic) bond motifs is 8. The van der Waals surface area contributed by atoms with Gasteiger partial charge in [0.1, 0.15) is 17.2 Å².